The zero-order valence-electron chi connectivity index (χ0n) is 9.78. The van der Waals surface area contributed by atoms with Crippen molar-refractivity contribution in [1.29, 1.82) is 0 Å². The van der Waals surface area contributed by atoms with Gasteiger partial charge < -0.3 is 5.11 Å². The third kappa shape index (κ3) is 2.25. The Morgan fingerprint density at radius 1 is 1.44 bits per heavy atom. The quantitative estimate of drug-likeness (QED) is 0.892. The molecule has 2 aromatic heterocycles. The fraction of sp³-hybridized carbons (Fsp3) is 0.308. The first-order valence-corrected chi connectivity index (χ1v) is 5.95. The molecule has 2 heterocycles. The van der Waals surface area contributed by atoms with E-state index in [-0.39, 0.29) is 5.69 Å². The number of hydrogen-bond donors (Lipinski definition) is 1. The summed E-state index contributed by atoms with van der Waals surface area (Å²) in [5.74, 6) is -0.252. The maximum absolute atomic E-state index is 10.9. The van der Waals surface area contributed by atoms with Gasteiger partial charge in [0, 0.05) is 18.3 Å². The molecule has 18 heavy (non-hydrogen) atoms. The van der Waals surface area contributed by atoms with E-state index < -0.39 is 5.97 Å². The Kier molecular flexibility index (Phi) is 2.59. The number of nitrogens with zero attached hydrogens (tertiary/aromatic N) is 3. The van der Waals surface area contributed by atoms with Crippen LogP contribution in [0.1, 0.15) is 23.3 Å². The second kappa shape index (κ2) is 4.25. The van der Waals surface area contributed by atoms with Crippen molar-refractivity contribution in [1.82, 2.24) is 14.8 Å². The fourth-order valence-electron chi connectivity index (χ4n) is 1.88. The highest BCUT2D eigenvalue weighted by Crippen LogP contribution is 2.30. The van der Waals surface area contributed by atoms with Gasteiger partial charge in [-0.1, -0.05) is 6.07 Å². The van der Waals surface area contributed by atoms with Crippen LogP contribution in [-0.2, 0) is 6.54 Å². The molecule has 2 aromatic rings. The average molecular weight is 243 g/mol. The monoisotopic (exact) mass is 243 g/mol. The van der Waals surface area contributed by atoms with Crippen molar-refractivity contribution in [3.63, 3.8) is 0 Å². The van der Waals surface area contributed by atoms with Crippen molar-refractivity contribution in [2.45, 2.75) is 19.4 Å². The molecule has 0 spiro atoms. The number of rotatable bonds is 4. The third-order valence-electron chi connectivity index (χ3n) is 3.04. The lowest BCUT2D eigenvalue weighted by molar-refractivity contribution is 0.0690. The van der Waals surface area contributed by atoms with Crippen LogP contribution in [0.5, 0.6) is 0 Å². The Balaban J connectivity index is 1.86. The standard InChI is InChI=1S/C13H13N3O2/c17-13(18)12-3-1-2-11(15-12)10-6-14-16(8-10)7-9-4-5-9/h1-3,6,8-9H,4-5,7H2,(H,17,18). The number of carboxylic acid groups (broad SMARTS) is 1. The number of aromatic carboxylic acids is 1. The molecule has 0 aliphatic heterocycles. The van der Waals surface area contributed by atoms with Crippen molar-refractivity contribution in [2.75, 3.05) is 0 Å². The molecule has 0 unspecified atom stereocenters. The van der Waals surface area contributed by atoms with Crippen LogP contribution < -0.4 is 0 Å². The summed E-state index contributed by atoms with van der Waals surface area (Å²) in [5, 5.41) is 13.2. The van der Waals surface area contributed by atoms with Crippen LogP contribution >= 0.6 is 0 Å². The van der Waals surface area contributed by atoms with Gasteiger partial charge in [-0.05, 0) is 30.9 Å². The van der Waals surface area contributed by atoms with Crippen molar-refractivity contribution >= 4 is 5.97 Å². The van der Waals surface area contributed by atoms with Gasteiger partial charge in [-0.15, -0.1) is 0 Å². The summed E-state index contributed by atoms with van der Waals surface area (Å²) in [6.07, 6.45) is 6.21. The molecule has 0 radical (unpaired) electrons. The summed E-state index contributed by atoms with van der Waals surface area (Å²) in [5.41, 5.74) is 1.57. The van der Waals surface area contributed by atoms with Gasteiger partial charge in [0.2, 0.25) is 0 Å². The molecule has 0 aromatic carbocycles. The average Bonchev–Trinajstić information content (AvgIpc) is 3.05. The Morgan fingerprint density at radius 2 is 2.28 bits per heavy atom. The van der Waals surface area contributed by atoms with Gasteiger partial charge in [-0.2, -0.15) is 5.10 Å². The van der Waals surface area contributed by atoms with E-state index >= 15 is 0 Å². The zero-order chi connectivity index (χ0) is 12.5. The molecule has 5 heteroatoms. The molecule has 0 amide bonds. The van der Waals surface area contributed by atoms with E-state index in [1.54, 1.807) is 18.3 Å². The van der Waals surface area contributed by atoms with Crippen LogP contribution in [0.25, 0.3) is 11.3 Å². The Labute approximate surface area is 104 Å². The molecule has 1 saturated carbocycles. The number of carboxylic acids is 1. The first kappa shape index (κ1) is 11.0. The number of pyridine rings is 1. The molecule has 0 saturated heterocycles. The molecular weight excluding hydrogens is 230 g/mol. The molecule has 0 atom stereocenters. The molecular formula is C13H13N3O2. The van der Waals surface area contributed by atoms with Crippen molar-refractivity contribution in [3.8, 4) is 11.3 Å². The van der Waals surface area contributed by atoms with E-state index in [9.17, 15) is 4.79 Å². The van der Waals surface area contributed by atoms with E-state index in [1.807, 2.05) is 10.9 Å². The molecule has 1 N–H and O–H groups in total. The van der Waals surface area contributed by atoms with E-state index in [0.717, 1.165) is 18.0 Å². The van der Waals surface area contributed by atoms with E-state index in [0.29, 0.717) is 5.69 Å². The minimum absolute atomic E-state index is 0.0578. The Morgan fingerprint density at radius 3 is 3.00 bits per heavy atom. The van der Waals surface area contributed by atoms with Gasteiger partial charge in [0.05, 0.1) is 11.9 Å². The SMILES string of the molecule is O=C(O)c1cccc(-c2cnn(CC3CC3)c2)n1. The lowest BCUT2D eigenvalue weighted by Gasteiger charge is -1.99. The predicted octanol–water partition coefficient (Wildman–Crippen LogP) is 2.05. The van der Waals surface area contributed by atoms with Crippen molar-refractivity contribution < 1.29 is 9.90 Å². The van der Waals surface area contributed by atoms with Crippen LogP contribution in [0, 0.1) is 5.92 Å². The minimum Gasteiger partial charge on any atom is -0.477 e. The predicted molar refractivity (Wildman–Crippen MR) is 65.1 cm³/mol. The molecule has 1 fully saturated rings. The van der Waals surface area contributed by atoms with Crippen molar-refractivity contribution in [2.24, 2.45) is 5.92 Å². The smallest absolute Gasteiger partial charge is 0.354 e. The van der Waals surface area contributed by atoms with Gasteiger partial charge in [0.15, 0.2) is 0 Å². The van der Waals surface area contributed by atoms with E-state index in [2.05, 4.69) is 10.1 Å². The molecule has 1 aliphatic rings. The lowest BCUT2D eigenvalue weighted by Crippen LogP contribution is -2.00. The fourth-order valence-corrected chi connectivity index (χ4v) is 1.88. The zero-order valence-corrected chi connectivity index (χ0v) is 9.78. The van der Waals surface area contributed by atoms with Crippen molar-refractivity contribution in [3.05, 3.63) is 36.3 Å². The molecule has 0 bridgehead atoms. The first-order chi connectivity index (χ1) is 8.72. The summed E-state index contributed by atoms with van der Waals surface area (Å²) in [6.45, 7) is 0.943. The maximum atomic E-state index is 10.9. The van der Waals surface area contributed by atoms with Crippen LogP contribution in [-0.4, -0.2) is 25.8 Å². The lowest BCUT2D eigenvalue weighted by atomic mass is 10.2. The molecule has 3 rings (SSSR count). The maximum Gasteiger partial charge on any atom is 0.354 e. The highest BCUT2D eigenvalue weighted by atomic mass is 16.4. The normalized spacial score (nSPS) is 14.7. The number of hydrogen-bond acceptors (Lipinski definition) is 3. The summed E-state index contributed by atoms with van der Waals surface area (Å²) >= 11 is 0. The largest absolute Gasteiger partial charge is 0.477 e. The summed E-state index contributed by atoms with van der Waals surface area (Å²) in [4.78, 5) is 15.0. The molecule has 1 aliphatic carbocycles. The van der Waals surface area contributed by atoms with Gasteiger partial charge in [0.25, 0.3) is 0 Å². The topological polar surface area (TPSA) is 68.0 Å². The highest BCUT2D eigenvalue weighted by molar-refractivity contribution is 5.86. The van der Waals surface area contributed by atoms with Gasteiger partial charge in [-0.25, -0.2) is 9.78 Å². The van der Waals surface area contributed by atoms with E-state index in [1.165, 1.54) is 18.9 Å². The van der Waals surface area contributed by atoms with E-state index in [4.69, 9.17) is 5.11 Å². The van der Waals surface area contributed by atoms with Crippen LogP contribution in [0.2, 0.25) is 0 Å². The van der Waals surface area contributed by atoms with Crippen LogP contribution in [0.3, 0.4) is 0 Å². The molecule has 5 nitrogen and oxygen atoms in total. The Hall–Kier alpha value is -2.17. The highest BCUT2D eigenvalue weighted by Gasteiger charge is 2.22. The van der Waals surface area contributed by atoms with Crippen LogP contribution in [0.4, 0.5) is 0 Å². The van der Waals surface area contributed by atoms with Gasteiger partial charge >= 0.3 is 5.97 Å². The summed E-state index contributed by atoms with van der Waals surface area (Å²) < 4.78 is 1.90. The summed E-state index contributed by atoms with van der Waals surface area (Å²) in [7, 11) is 0. The van der Waals surface area contributed by atoms with Gasteiger partial charge in [-0.3, -0.25) is 4.68 Å². The van der Waals surface area contributed by atoms with Gasteiger partial charge in [0.1, 0.15) is 5.69 Å². The van der Waals surface area contributed by atoms with Crippen LogP contribution in [0.15, 0.2) is 30.6 Å². The minimum atomic E-state index is -1.01. The Bertz CT molecular complexity index is 587. The second-order valence-electron chi connectivity index (χ2n) is 4.61. The summed E-state index contributed by atoms with van der Waals surface area (Å²) in [6, 6.07) is 4.98. The number of aromatic nitrogens is 3. The first-order valence-electron chi connectivity index (χ1n) is 5.95. The third-order valence-corrected chi connectivity index (χ3v) is 3.04. The number of carbonyl (C=O) groups is 1. The molecule has 92 valence electrons. The second-order valence-corrected chi connectivity index (χ2v) is 4.61.